The second-order valence-electron chi connectivity index (χ2n) is 3.76. The standard InChI is InChI=1S/C9H6F6/c1-2-4-3-7(12)5(10)6(11)8(4,13)9(7,14)15/h2,4H,1,3H2. The van der Waals surface area contributed by atoms with E-state index in [4.69, 9.17) is 0 Å². The normalized spacial score (nSPS) is 47.5. The van der Waals surface area contributed by atoms with E-state index in [0.29, 0.717) is 6.08 Å². The van der Waals surface area contributed by atoms with Crippen LogP contribution in [0.25, 0.3) is 0 Å². The number of hydrogen-bond donors (Lipinski definition) is 0. The molecule has 0 saturated heterocycles. The first-order chi connectivity index (χ1) is 6.73. The van der Waals surface area contributed by atoms with E-state index in [2.05, 4.69) is 6.58 Å². The maximum atomic E-state index is 13.7. The molecule has 1 saturated carbocycles. The van der Waals surface area contributed by atoms with Crippen molar-refractivity contribution in [1.29, 1.82) is 0 Å². The summed E-state index contributed by atoms with van der Waals surface area (Å²) in [6, 6.07) is 0. The van der Waals surface area contributed by atoms with Crippen LogP contribution in [-0.4, -0.2) is 17.3 Å². The van der Waals surface area contributed by atoms with E-state index in [1.165, 1.54) is 0 Å². The summed E-state index contributed by atoms with van der Waals surface area (Å²) in [5, 5.41) is 0. The van der Waals surface area contributed by atoms with E-state index in [1.807, 2.05) is 0 Å². The number of fused-ring (bicyclic) bond motifs is 2. The monoisotopic (exact) mass is 228 g/mol. The highest BCUT2D eigenvalue weighted by atomic mass is 19.3. The van der Waals surface area contributed by atoms with E-state index in [0.717, 1.165) is 0 Å². The molecule has 84 valence electrons. The minimum absolute atomic E-state index is 0.682. The second kappa shape index (κ2) is 2.41. The zero-order valence-corrected chi connectivity index (χ0v) is 7.34. The van der Waals surface area contributed by atoms with Gasteiger partial charge in [0, 0.05) is 12.3 Å². The van der Waals surface area contributed by atoms with Gasteiger partial charge in [0.25, 0.3) is 0 Å². The van der Waals surface area contributed by atoms with Gasteiger partial charge in [0.15, 0.2) is 11.7 Å². The molecule has 6 heteroatoms. The maximum absolute atomic E-state index is 13.7. The van der Waals surface area contributed by atoms with Crippen molar-refractivity contribution in [2.45, 2.75) is 23.7 Å². The van der Waals surface area contributed by atoms with Crippen LogP contribution < -0.4 is 0 Å². The third-order valence-corrected chi connectivity index (χ3v) is 3.11. The van der Waals surface area contributed by atoms with E-state index >= 15 is 0 Å². The molecule has 3 unspecified atom stereocenters. The fourth-order valence-electron chi connectivity index (χ4n) is 2.20. The van der Waals surface area contributed by atoms with Crippen molar-refractivity contribution in [3.63, 3.8) is 0 Å². The first-order valence-corrected chi connectivity index (χ1v) is 4.18. The Morgan fingerprint density at radius 1 is 1.13 bits per heavy atom. The highest BCUT2D eigenvalue weighted by Crippen LogP contribution is 2.69. The number of hydrogen-bond acceptors (Lipinski definition) is 0. The number of halogens is 6. The highest BCUT2D eigenvalue weighted by Gasteiger charge is 2.86. The van der Waals surface area contributed by atoms with Crippen LogP contribution in [0.4, 0.5) is 26.3 Å². The van der Waals surface area contributed by atoms with Crippen molar-refractivity contribution in [3.05, 3.63) is 24.3 Å². The molecule has 0 aromatic rings. The van der Waals surface area contributed by atoms with Gasteiger partial charge in [-0.25, -0.2) is 17.6 Å². The molecule has 2 aliphatic rings. The first-order valence-electron chi connectivity index (χ1n) is 4.18. The Morgan fingerprint density at radius 2 is 1.67 bits per heavy atom. The lowest BCUT2D eigenvalue weighted by Gasteiger charge is -2.25. The summed E-state index contributed by atoms with van der Waals surface area (Å²) >= 11 is 0. The van der Waals surface area contributed by atoms with Gasteiger partial charge in [-0.3, -0.25) is 0 Å². The SMILES string of the molecule is C=CC1CC2(F)C(F)=C(F)C1(F)C2(F)F. The average molecular weight is 228 g/mol. The van der Waals surface area contributed by atoms with Gasteiger partial charge >= 0.3 is 5.92 Å². The van der Waals surface area contributed by atoms with Crippen molar-refractivity contribution >= 4 is 0 Å². The summed E-state index contributed by atoms with van der Waals surface area (Å²) in [6.45, 7) is 3.01. The second-order valence-corrected chi connectivity index (χ2v) is 3.76. The lowest BCUT2D eigenvalue weighted by Crippen LogP contribution is -2.47. The van der Waals surface area contributed by atoms with Crippen LogP contribution in [0.2, 0.25) is 0 Å². The Balaban J connectivity index is 2.70. The fourth-order valence-corrected chi connectivity index (χ4v) is 2.20. The van der Waals surface area contributed by atoms with Crippen LogP contribution in [0.15, 0.2) is 24.3 Å². The van der Waals surface area contributed by atoms with Crippen LogP contribution in [0.1, 0.15) is 6.42 Å². The molecule has 2 bridgehead atoms. The van der Waals surface area contributed by atoms with Crippen LogP contribution in [0.3, 0.4) is 0 Å². The number of alkyl halides is 4. The van der Waals surface area contributed by atoms with Gasteiger partial charge < -0.3 is 0 Å². The van der Waals surface area contributed by atoms with E-state index in [9.17, 15) is 26.3 Å². The minimum Gasteiger partial charge on any atom is -0.229 e. The molecule has 0 aromatic carbocycles. The largest absolute Gasteiger partial charge is 0.328 e. The molecule has 2 aliphatic carbocycles. The van der Waals surface area contributed by atoms with Gasteiger partial charge in [0.1, 0.15) is 0 Å². The molecule has 0 aromatic heterocycles. The molecule has 1 fully saturated rings. The maximum Gasteiger partial charge on any atom is 0.328 e. The smallest absolute Gasteiger partial charge is 0.229 e. The molecule has 0 nitrogen and oxygen atoms in total. The Hall–Kier alpha value is -0.940. The molecule has 0 heterocycles. The number of rotatable bonds is 1. The van der Waals surface area contributed by atoms with Crippen molar-refractivity contribution in [2.75, 3.05) is 0 Å². The lowest BCUT2D eigenvalue weighted by atomic mass is 9.89. The van der Waals surface area contributed by atoms with Crippen LogP contribution in [-0.2, 0) is 0 Å². The fraction of sp³-hybridized carbons (Fsp3) is 0.556. The molecule has 15 heavy (non-hydrogen) atoms. The number of allylic oxidation sites excluding steroid dienone is 3. The van der Waals surface area contributed by atoms with Crippen molar-refractivity contribution in [1.82, 2.24) is 0 Å². The average Bonchev–Trinajstić information content (AvgIpc) is 2.39. The summed E-state index contributed by atoms with van der Waals surface area (Å²) in [5.74, 6) is -11.1. The first kappa shape index (κ1) is 10.6. The topological polar surface area (TPSA) is 0 Å². The predicted molar refractivity (Wildman–Crippen MR) is 40.2 cm³/mol. The Morgan fingerprint density at radius 3 is 2.00 bits per heavy atom. The van der Waals surface area contributed by atoms with Crippen LogP contribution in [0.5, 0.6) is 0 Å². The zero-order valence-electron chi connectivity index (χ0n) is 7.34. The minimum atomic E-state index is -4.72. The van der Waals surface area contributed by atoms with Crippen molar-refractivity contribution in [3.8, 4) is 0 Å². The quantitative estimate of drug-likeness (QED) is 0.476. The van der Waals surface area contributed by atoms with Gasteiger partial charge in [0.05, 0.1) is 0 Å². The van der Waals surface area contributed by atoms with Gasteiger partial charge in [-0.1, -0.05) is 6.08 Å². The molecule has 0 aliphatic heterocycles. The Labute approximate surface area is 81.3 Å². The van der Waals surface area contributed by atoms with E-state index < -0.39 is 41.3 Å². The van der Waals surface area contributed by atoms with Gasteiger partial charge in [-0.15, -0.1) is 6.58 Å². The summed E-state index contributed by atoms with van der Waals surface area (Å²) in [5.41, 5.74) is -7.79. The molecule has 0 radical (unpaired) electrons. The highest BCUT2D eigenvalue weighted by molar-refractivity contribution is 5.46. The third-order valence-electron chi connectivity index (χ3n) is 3.11. The molecule has 0 spiro atoms. The van der Waals surface area contributed by atoms with Crippen molar-refractivity contribution in [2.24, 2.45) is 5.92 Å². The van der Waals surface area contributed by atoms with Crippen LogP contribution in [0, 0.1) is 5.92 Å². The van der Waals surface area contributed by atoms with E-state index in [-0.39, 0.29) is 0 Å². The van der Waals surface area contributed by atoms with Crippen LogP contribution >= 0.6 is 0 Å². The Kier molecular flexibility index (Phi) is 1.70. The molecule has 2 rings (SSSR count). The Bertz CT molecular complexity index is 373. The summed E-state index contributed by atoms with van der Waals surface area (Å²) in [6.07, 6.45) is -0.444. The molecule has 0 N–H and O–H groups in total. The molecule has 3 atom stereocenters. The summed E-state index contributed by atoms with van der Waals surface area (Å²) in [4.78, 5) is 0. The molecule has 0 amide bonds. The summed E-state index contributed by atoms with van der Waals surface area (Å²) < 4.78 is 79.3. The van der Waals surface area contributed by atoms with Gasteiger partial charge in [-0.2, -0.15) is 8.78 Å². The van der Waals surface area contributed by atoms with Crippen molar-refractivity contribution < 1.29 is 26.3 Å². The molecular weight excluding hydrogens is 222 g/mol. The predicted octanol–water partition coefficient (Wildman–Crippen LogP) is 3.41. The van der Waals surface area contributed by atoms with Gasteiger partial charge in [0.2, 0.25) is 11.3 Å². The zero-order chi connectivity index (χ0) is 11.6. The third kappa shape index (κ3) is 0.753. The van der Waals surface area contributed by atoms with E-state index in [1.54, 1.807) is 0 Å². The van der Waals surface area contributed by atoms with Gasteiger partial charge in [-0.05, 0) is 0 Å². The molecular formula is C9H6F6. The summed E-state index contributed by atoms with van der Waals surface area (Å²) in [7, 11) is 0. The lowest BCUT2D eigenvalue weighted by molar-refractivity contribution is -0.156.